The first-order chi connectivity index (χ1) is 10.6. The highest BCUT2D eigenvalue weighted by atomic mass is 35.5. The lowest BCUT2D eigenvalue weighted by Gasteiger charge is -2.12. The van der Waals surface area contributed by atoms with Crippen LogP contribution in [0, 0.1) is 12.7 Å². The molecular weight excluding hydrogens is 303 g/mol. The zero-order valence-electron chi connectivity index (χ0n) is 12.2. The number of anilines is 2. The zero-order chi connectivity index (χ0) is 15.7. The molecule has 0 aliphatic heterocycles. The molecule has 0 saturated heterocycles. The van der Waals surface area contributed by atoms with Crippen molar-refractivity contribution in [2.24, 2.45) is 0 Å². The van der Waals surface area contributed by atoms with E-state index in [0.29, 0.717) is 5.69 Å². The van der Waals surface area contributed by atoms with E-state index in [-0.39, 0.29) is 5.02 Å². The van der Waals surface area contributed by atoms with E-state index in [1.165, 1.54) is 12.1 Å². The molecule has 1 heterocycles. The van der Waals surface area contributed by atoms with Crippen molar-refractivity contribution in [1.29, 1.82) is 0 Å². The maximum atomic E-state index is 13.6. The summed E-state index contributed by atoms with van der Waals surface area (Å²) in [5, 5.41) is 4.22. The molecule has 0 fully saturated rings. The molecule has 0 unspecified atom stereocenters. The predicted molar refractivity (Wildman–Crippen MR) is 87.7 cm³/mol. The van der Waals surface area contributed by atoms with Gasteiger partial charge in [0.15, 0.2) is 0 Å². The number of ether oxygens (including phenoxy) is 1. The van der Waals surface area contributed by atoms with E-state index in [2.05, 4.69) is 10.3 Å². The molecule has 0 bridgehead atoms. The summed E-state index contributed by atoms with van der Waals surface area (Å²) in [4.78, 5) is 4.49. The summed E-state index contributed by atoms with van der Waals surface area (Å²) in [7, 11) is 1.62. The van der Waals surface area contributed by atoms with Gasteiger partial charge in [-0.15, -0.1) is 0 Å². The van der Waals surface area contributed by atoms with E-state index in [1.807, 2.05) is 31.2 Å². The average molecular weight is 317 g/mol. The van der Waals surface area contributed by atoms with Crippen molar-refractivity contribution < 1.29 is 9.13 Å². The molecule has 0 spiro atoms. The fourth-order valence-corrected chi connectivity index (χ4v) is 2.41. The molecule has 3 nitrogen and oxygen atoms in total. The highest BCUT2D eigenvalue weighted by Crippen LogP contribution is 2.30. The highest BCUT2D eigenvalue weighted by Gasteiger charge is 2.08. The van der Waals surface area contributed by atoms with Crippen molar-refractivity contribution in [2.45, 2.75) is 6.92 Å². The number of fused-ring (bicyclic) bond motifs is 1. The van der Waals surface area contributed by atoms with Crippen LogP contribution in [0.25, 0.3) is 10.9 Å². The SMILES string of the molecule is COc1ccc2nc(C)cc(Nc3ccc(Cl)c(F)c3)c2c1. The molecule has 1 aromatic heterocycles. The maximum Gasteiger partial charge on any atom is 0.143 e. The number of pyridine rings is 1. The second-order valence-corrected chi connectivity index (χ2v) is 5.36. The monoisotopic (exact) mass is 316 g/mol. The van der Waals surface area contributed by atoms with Crippen LogP contribution in [-0.4, -0.2) is 12.1 Å². The molecule has 2 aromatic carbocycles. The topological polar surface area (TPSA) is 34.1 Å². The van der Waals surface area contributed by atoms with Gasteiger partial charge >= 0.3 is 0 Å². The Morgan fingerprint density at radius 2 is 1.95 bits per heavy atom. The minimum absolute atomic E-state index is 0.1000. The minimum atomic E-state index is -0.459. The minimum Gasteiger partial charge on any atom is -0.497 e. The van der Waals surface area contributed by atoms with Crippen LogP contribution >= 0.6 is 11.6 Å². The third-order valence-corrected chi connectivity index (χ3v) is 3.65. The first kappa shape index (κ1) is 14.6. The Bertz CT molecular complexity index is 851. The van der Waals surface area contributed by atoms with Gasteiger partial charge in [0.05, 0.1) is 17.6 Å². The van der Waals surface area contributed by atoms with Gasteiger partial charge in [-0.05, 0) is 49.4 Å². The zero-order valence-corrected chi connectivity index (χ0v) is 12.9. The first-order valence-corrected chi connectivity index (χ1v) is 7.12. The van der Waals surface area contributed by atoms with Gasteiger partial charge in [-0.1, -0.05) is 11.6 Å². The van der Waals surface area contributed by atoms with Crippen LogP contribution in [0.1, 0.15) is 5.69 Å². The molecule has 0 aliphatic rings. The van der Waals surface area contributed by atoms with Gasteiger partial charge < -0.3 is 10.1 Å². The standard InChI is InChI=1S/C17H14ClFN2O/c1-10-7-17(21-11-3-5-14(18)15(19)8-11)13-9-12(22-2)4-6-16(13)20-10/h3-9H,1-2H3,(H,20,21). The lowest BCUT2D eigenvalue weighted by Crippen LogP contribution is -1.96. The average Bonchev–Trinajstić information content (AvgIpc) is 2.50. The molecule has 0 amide bonds. The van der Waals surface area contributed by atoms with Crippen LogP contribution in [0.2, 0.25) is 5.02 Å². The lowest BCUT2D eigenvalue weighted by atomic mass is 10.1. The highest BCUT2D eigenvalue weighted by molar-refractivity contribution is 6.30. The summed E-state index contributed by atoms with van der Waals surface area (Å²) >= 11 is 5.71. The molecule has 112 valence electrons. The molecule has 3 rings (SSSR count). The van der Waals surface area contributed by atoms with Crippen LogP contribution in [0.5, 0.6) is 5.75 Å². The Morgan fingerprint density at radius 1 is 1.14 bits per heavy atom. The number of nitrogens with zero attached hydrogens (tertiary/aromatic N) is 1. The summed E-state index contributed by atoms with van der Waals surface area (Å²) in [5.74, 6) is 0.280. The number of methoxy groups -OCH3 is 1. The Balaban J connectivity index is 2.10. The van der Waals surface area contributed by atoms with Gasteiger partial charge in [-0.3, -0.25) is 4.98 Å². The molecule has 3 aromatic rings. The van der Waals surface area contributed by atoms with E-state index >= 15 is 0 Å². The van der Waals surface area contributed by atoms with Crippen molar-refractivity contribution in [3.05, 3.63) is 59.0 Å². The van der Waals surface area contributed by atoms with E-state index in [9.17, 15) is 4.39 Å². The van der Waals surface area contributed by atoms with Crippen LogP contribution in [0.15, 0.2) is 42.5 Å². The van der Waals surface area contributed by atoms with E-state index in [1.54, 1.807) is 13.2 Å². The third-order valence-electron chi connectivity index (χ3n) is 3.34. The van der Waals surface area contributed by atoms with E-state index < -0.39 is 5.82 Å². The van der Waals surface area contributed by atoms with Gasteiger partial charge in [-0.25, -0.2) is 4.39 Å². The van der Waals surface area contributed by atoms with Crippen LogP contribution in [0.3, 0.4) is 0 Å². The van der Waals surface area contributed by atoms with Crippen molar-refractivity contribution >= 4 is 33.9 Å². The van der Waals surface area contributed by atoms with Crippen LogP contribution in [-0.2, 0) is 0 Å². The smallest absolute Gasteiger partial charge is 0.143 e. The van der Waals surface area contributed by atoms with Crippen molar-refractivity contribution in [1.82, 2.24) is 4.98 Å². The molecule has 1 N–H and O–H groups in total. The summed E-state index contributed by atoms with van der Waals surface area (Å²) in [6, 6.07) is 12.2. The van der Waals surface area contributed by atoms with Gasteiger partial charge in [0.1, 0.15) is 11.6 Å². The second-order valence-electron chi connectivity index (χ2n) is 4.95. The van der Waals surface area contributed by atoms with Gasteiger partial charge in [-0.2, -0.15) is 0 Å². The number of hydrogen-bond donors (Lipinski definition) is 1. The molecule has 0 saturated carbocycles. The molecule has 0 aliphatic carbocycles. The van der Waals surface area contributed by atoms with Crippen LogP contribution in [0.4, 0.5) is 15.8 Å². The number of aryl methyl sites for hydroxylation is 1. The summed E-state index contributed by atoms with van der Waals surface area (Å²) in [6.07, 6.45) is 0. The number of benzene rings is 2. The Hall–Kier alpha value is -2.33. The number of nitrogens with one attached hydrogen (secondary N) is 1. The van der Waals surface area contributed by atoms with Crippen LogP contribution < -0.4 is 10.1 Å². The van der Waals surface area contributed by atoms with Crippen molar-refractivity contribution in [3.8, 4) is 5.75 Å². The van der Waals surface area contributed by atoms with Crippen molar-refractivity contribution in [3.63, 3.8) is 0 Å². The fourth-order valence-electron chi connectivity index (χ4n) is 2.30. The number of hydrogen-bond acceptors (Lipinski definition) is 3. The lowest BCUT2D eigenvalue weighted by molar-refractivity contribution is 0.415. The van der Waals surface area contributed by atoms with E-state index in [0.717, 1.165) is 28.0 Å². The van der Waals surface area contributed by atoms with Gasteiger partial charge in [0, 0.05) is 22.5 Å². The molecule has 5 heteroatoms. The largest absolute Gasteiger partial charge is 0.497 e. The van der Waals surface area contributed by atoms with Crippen molar-refractivity contribution in [2.75, 3.05) is 12.4 Å². The summed E-state index contributed by atoms with van der Waals surface area (Å²) < 4.78 is 18.8. The van der Waals surface area contributed by atoms with E-state index in [4.69, 9.17) is 16.3 Å². The Kier molecular flexibility index (Phi) is 3.86. The number of aromatic nitrogens is 1. The number of halogens is 2. The second kappa shape index (κ2) is 5.81. The molecule has 22 heavy (non-hydrogen) atoms. The first-order valence-electron chi connectivity index (χ1n) is 6.74. The van der Waals surface area contributed by atoms with Gasteiger partial charge in [0.25, 0.3) is 0 Å². The third kappa shape index (κ3) is 2.83. The van der Waals surface area contributed by atoms with Gasteiger partial charge in [0.2, 0.25) is 0 Å². The summed E-state index contributed by atoms with van der Waals surface area (Å²) in [6.45, 7) is 1.91. The Labute approximate surface area is 132 Å². The Morgan fingerprint density at radius 3 is 2.68 bits per heavy atom. The number of rotatable bonds is 3. The normalized spacial score (nSPS) is 10.7. The fraction of sp³-hybridized carbons (Fsp3) is 0.118. The maximum absolute atomic E-state index is 13.6. The molecule has 0 radical (unpaired) electrons. The molecule has 0 atom stereocenters. The predicted octanol–water partition coefficient (Wildman–Crippen LogP) is 5.09. The quantitative estimate of drug-likeness (QED) is 0.731. The summed E-state index contributed by atoms with van der Waals surface area (Å²) in [5.41, 5.74) is 3.17. The molecular formula is C17H14ClFN2O.